The van der Waals surface area contributed by atoms with Crippen molar-refractivity contribution in [3.8, 4) is 0 Å². The first kappa shape index (κ1) is 16.9. The fourth-order valence-corrected chi connectivity index (χ4v) is 2.59. The fourth-order valence-electron chi connectivity index (χ4n) is 1.51. The van der Waals surface area contributed by atoms with Crippen LogP contribution in [0, 0.1) is 0 Å². The van der Waals surface area contributed by atoms with E-state index in [0.29, 0.717) is 33.0 Å². The van der Waals surface area contributed by atoms with Crippen LogP contribution in [0.5, 0.6) is 0 Å². The lowest BCUT2D eigenvalue weighted by atomic mass is 10.3. The van der Waals surface area contributed by atoms with Crippen molar-refractivity contribution < 1.29 is 14.6 Å². The number of aliphatic hydroxyl groups excluding tert-OH is 1. The van der Waals surface area contributed by atoms with Gasteiger partial charge in [-0.25, -0.2) is 0 Å². The van der Waals surface area contributed by atoms with Crippen LogP contribution in [0.1, 0.15) is 11.8 Å². The molecule has 0 radical (unpaired) electrons. The maximum Gasteiger partial charge on any atom is 0.0931 e. The third-order valence-corrected chi connectivity index (χ3v) is 3.73. The van der Waals surface area contributed by atoms with E-state index in [0.717, 1.165) is 17.3 Å². The predicted molar refractivity (Wildman–Crippen MR) is 79.2 cm³/mol. The Bertz CT molecular complexity index is 335. The zero-order chi connectivity index (χ0) is 13.9. The summed E-state index contributed by atoms with van der Waals surface area (Å²) >= 11 is 7.44. The molecule has 0 spiro atoms. The second-order valence-corrected chi connectivity index (χ2v) is 5.89. The van der Waals surface area contributed by atoms with E-state index in [-0.39, 0.29) is 0 Å². The van der Waals surface area contributed by atoms with Crippen LogP contribution in [-0.2, 0) is 15.9 Å². The van der Waals surface area contributed by atoms with Crippen molar-refractivity contribution in [2.45, 2.75) is 19.4 Å². The van der Waals surface area contributed by atoms with Crippen LogP contribution in [0.3, 0.4) is 0 Å². The lowest BCUT2D eigenvalue weighted by Crippen LogP contribution is -2.31. The van der Waals surface area contributed by atoms with Crippen LogP contribution in [0.4, 0.5) is 0 Å². The van der Waals surface area contributed by atoms with E-state index in [1.807, 2.05) is 19.1 Å². The van der Waals surface area contributed by atoms with Gasteiger partial charge in [0.1, 0.15) is 0 Å². The Morgan fingerprint density at radius 1 is 1.37 bits per heavy atom. The van der Waals surface area contributed by atoms with Crippen molar-refractivity contribution in [3.05, 3.63) is 21.3 Å². The number of thiophene rings is 1. The van der Waals surface area contributed by atoms with E-state index in [9.17, 15) is 5.11 Å². The van der Waals surface area contributed by atoms with Crippen molar-refractivity contribution in [1.29, 1.82) is 0 Å². The standard InChI is InChI=1S/C13H22ClNO3S/c1-2-17-7-8-18-10-11(16)9-15-6-5-12-3-4-13(14)19-12/h3-4,11,15-16H,2,5-10H2,1H3. The summed E-state index contributed by atoms with van der Waals surface area (Å²) in [5.41, 5.74) is 0. The highest BCUT2D eigenvalue weighted by Crippen LogP contribution is 2.21. The van der Waals surface area contributed by atoms with Gasteiger partial charge in [0, 0.05) is 24.6 Å². The van der Waals surface area contributed by atoms with Crippen LogP contribution < -0.4 is 5.32 Å². The van der Waals surface area contributed by atoms with Gasteiger partial charge < -0.3 is 19.9 Å². The third-order valence-electron chi connectivity index (χ3n) is 2.44. The monoisotopic (exact) mass is 307 g/mol. The number of ether oxygens (including phenoxy) is 2. The first-order valence-corrected chi connectivity index (χ1v) is 7.70. The summed E-state index contributed by atoms with van der Waals surface area (Å²) in [6.07, 6.45) is 0.448. The first-order chi connectivity index (χ1) is 9.22. The van der Waals surface area contributed by atoms with Gasteiger partial charge >= 0.3 is 0 Å². The molecular formula is C13H22ClNO3S. The topological polar surface area (TPSA) is 50.7 Å². The van der Waals surface area contributed by atoms with Gasteiger partial charge in [0.05, 0.1) is 30.3 Å². The zero-order valence-corrected chi connectivity index (χ0v) is 12.8. The summed E-state index contributed by atoms with van der Waals surface area (Å²) in [6.45, 7) is 5.44. The van der Waals surface area contributed by atoms with Gasteiger partial charge in [-0.3, -0.25) is 0 Å². The summed E-state index contributed by atoms with van der Waals surface area (Å²) in [4.78, 5) is 1.25. The van der Waals surface area contributed by atoms with E-state index in [1.165, 1.54) is 4.88 Å². The number of hydrogen-bond acceptors (Lipinski definition) is 5. The minimum atomic E-state index is -0.478. The largest absolute Gasteiger partial charge is 0.389 e. The zero-order valence-electron chi connectivity index (χ0n) is 11.2. The minimum absolute atomic E-state index is 0.338. The molecule has 0 aliphatic rings. The molecule has 4 nitrogen and oxygen atoms in total. The van der Waals surface area contributed by atoms with E-state index in [2.05, 4.69) is 5.32 Å². The molecule has 1 aromatic heterocycles. The van der Waals surface area contributed by atoms with Crippen LogP contribution >= 0.6 is 22.9 Å². The fraction of sp³-hybridized carbons (Fsp3) is 0.692. The number of nitrogens with one attached hydrogen (secondary N) is 1. The molecule has 1 aromatic rings. The van der Waals surface area contributed by atoms with Gasteiger partial charge in [0.15, 0.2) is 0 Å². The van der Waals surface area contributed by atoms with Gasteiger partial charge in [-0.1, -0.05) is 11.6 Å². The van der Waals surface area contributed by atoms with Crippen LogP contribution in [-0.4, -0.2) is 50.7 Å². The van der Waals surface area contributed by atoms with Crippen LogP contribution in [0.15, 0.2) is 12.1 Å². The molecule has 0 saturated heterocycles. The Morgan fingerprint density at radius 2 is 2.16 bits per heavy atom. The lowest BCUT2D eigenvalue weighted by Gasteiger charge is -2.12. The smallest absolute Gasteiger partial charge is 0.0931 e. The molecular weight excluding hydrogens is 286 g/mol. The maximum atomic E-state index is 9.66. The first-order valence-electron chi connectivity index (χ1n) is 6.51. The van der Waals surface area contributed by atoms with Crippen molar-refractivity contribution in [2.24, 2.45) is 0 Å². The molecule has 0 bridgehead atoms. The third kappa shape index (κ3) is 8.57. The second kappa shape index (κ2) is 10.6. The number of aliphatic hydroxyl groups is 1. The summed E-state index contributed by atoms with van der Waals surface area (Å²) in [5, 5.41) is 12.9. The SMILES string of the molecule is CCOCCOCC(O)CNCCc1ccc(Cl)s1. The maximum absolute atomic E-state index is 9.66. The van der Waals surface area contributed by atoms with Crippen molar-refractivity contribution in [3.63, 3.8) is 0 Å². The molecule has 1 heterocycles. The number of rotatable bonds is 11. The van der Waals surface area contributed by atoms with Crippen molar-refractivity contribution >= 4 is 22.9 Å². The van der Waals surface area contributed by atoms with E-state index in [4.69, 9.17) is 21.1 Å². The molecule has 0 aliphatic carbocycles. The van der Waals surface area contributed by atoms with Gasteiger partial charge in [-0.05, 0) is 25.5 Å². The molecule has 0 aliphatic heterocycles. The van der Waals surface area contributed by atoms with E-state index < -0.39 is 6.10 Å². The van der Waals surface area contributed by atoms with Gasteiger partial charge in [0.2, 0.25) is 0 Å². The average molecular weight is 308 g/mol. The summed E-state index contributed by atoms with van der Waals surface area (Å²) in [6, 6.07) is 3.94. The number of halogens is 1. The highest BCUT2D eigenvalue weighted by atomic mass is 35.5. The molecule has 1 rings (SSSR count). The normalized spacial score (nSPS) is 12.8. The van der Waals surface area contributed by atoms with Gasteiger partial charge in [-0.2, -0.15) is 0 Å². The Balaban J connectivity index is 1.93. The quantitative estimate of drug-likeness (QED) is 0.614. The Morgan fingerprint density at radius 3 is 2.84 bits per heavy atom. The average Bonchev–Trinajstić information content (AvgIpc) is 2.80. The van der Waals surface area contributed by atoms with Gasteiger partial charge in [-0.15, -0.1) is 11.3 Å². The Hall–Kier alpha value is -0.170. The molecule has 110 valence electrons. The van der Waals surface area contributed by atoms with Crippen molar-refractivity contribution in [1.82, 2.24) is 5.32 Å². The minimum Gasteiger partial charge on any atom is -0.389 e. The second-order valence-electron chi connectivity index (χ2n) is 4.09. The molecule has 1 atom stereocenters. The molecule has 19 heavy (non-hydrogen) atoms. The summed E-state index contributed by atoms with van der Waals surface area (Å²) in [5.74, 6) is 0. The molecule has 0 amide bonds. The van der Waals surface area contributed by atoms with Gasteiger partial charge in [0.25, 0.3) is 0 Å². The molecule has 6 heteroatoms. The summed E-state index contributed by atoms with van der Waals surface area (Å²) in [7, 11) is 0. The summed E-state index contributed by atoms with van der Waals surface area (Å²) < 4.78 is 11.2. The van der Waals surface area contributed by atoms with Crippen LogP contribution in [0.25, 0.3) is 0 Å². The Kier molecular flexibility index (Phi) is 9.42. The molecule has 0 saturated carbocycles. The van der Waals surface area contributed by atoms with Crippen molar-refractivity contribution in [2.75, 3.05) is 39.5 Å². The molecule has 1 unspecified atom stereocenters. The van der Waals surface area contributed by atoms with Crippen LogP contribution in [0.2, 0.25) is 4.34 Å². The van der Waals surface area contributed by atoms with E-state index in [1.54, 1.807) is 11.3 Å². The molecule has 2 N–H and O–H groups in total. The highest BCUT2D eigenvalue weighted by Gasteiger charge is 2.04. The van der Waals surface area contributed by atoms with E-state index >= 15 is 0 Å². The lowest BCUT2D eigenvalue weighted by molar-refractivity contribution is 0.00660. The Labute approximate surface area is 123 Å². The predicted octanol–water partition coefficient (Wildman–Crippen LogP) is 1.95. The highest BCUT2D eigenvalue weighted by molar-refractivity contribution is 7.16. The molecule has 0 aromatic carbocycles. The molecule has 0 fully saturated rings. The number of hydrogen-bond donors (Lipinski definition) is 2.